The summed E-state index contributed by atoms with van der Waals surface area (Å²) in [4.78, 5) is 43.9. The van der Waals surface area contributed by atoms with Gasteiger partial charge in [0.25, 0.3) is 0 Å². The lowest BCUT2D eigenvalue weighted by Crippen LogP contribution is -2.57. The fourth-order valence-corrected chi connectivity index (χ4v) is 7.39. The summed E-state index contributed by atoms with van der Waals surface area (Å²) in [5.74, 6) is -2.85. The topological polar surface area (TPSA) is 108 Å². The van der Waals surface area contributed by atoms with Gasteiger partial charge in [-0.05, 0) is 42.9 Å². The highest BCUT2D eigenvalue weighted by atomic mass is 35.5. The van der Waals surface area contributed by atoms with Gasteiger partial charge in [-0.25, -0.2) is 0 Å². The summed E-state index contributed by atoms with van der Waals surface area (Å²) in [6.45, 7) is 7.84. The number of amides is 3. The highest BCUT2D eigenvalue weighted by Crippen LogP contribution is 2.65. The number of halogens is 1. The molecule has 3 N–H and O–H groups in total. The fraction of sp³-hybridized carbons (Fsp3) is 0.516. The lowest BCUT2D eigenvalue weighted by atomic mass is 9.62. The first-order valence-electron chi connectivity index (χ1n) is 14.1. The molecule has 2 aromatic carbocycles. The van der Waals surface area contributed by atoms with Crippen molar-refractivity contribution in [1.82, 2.24) is 10.2 Å². The van der Waals surface area contributed by atoms with Crippen molar-refractivity contribution in [2.24, 2.45) is 23.7 Å². The van der Waals surface area contributed by atoms with Crippen LogP contribution in [-0.4, -0.2) is 57.6 Å². The van der Waals surface area contributed by atoms with E-state index in [1.54, 1.807) is 24.3 Å². The van der Waals surface area contributed by atoms with Gasteiger partial charge in [0.15, 0.2) is 0 Å². The Hall–Kier alpha value is -2.94. The average molecular weight is 568 g/mol. The van der Waals surface area contributed by atoms with E-state index in [-0.39, 0.29) is 30.3 Å². The minimum Gasteiger partial charge on any atom is -0.394 e. The Morgan fingerprint density at radius 1 is 1.15 bits per heavy atom. The van der Waals surface area contributed by atoms with Crippen LogP contribution in [0.5, 0.6) is 0 Å². The fourth-order valence-electron chi connectivity index (χ4n) is 7.21. The number of carbonyl (C=O) groups excluding carboxylic acids is 3. The first-order chi connectivity index (χ1) is 19.1. The molecule has 3 amide bonds. The molecule has 214 valence electrons. The Bertz CT molecular complexity index is 1290. The van der Waals surface area contributed by atoms with Gasteiger partial charge in [0.1, 0.15) is 11.6 Å². The number of anilines is 1. The Labute approximate surface area is 240 Å². The van der Waals surface area contributed by atoms with Gasteiger partial charge in [0, 0.05) is 6.54 Å². The number of aliphatic hydroxyl groups is 1. The number of ether oxygens (including phenoxy) is 1. The second-order valence-electron chi connectivity index (χ2n) is 11.8. The zero-order valence-electron chi connectivity index (χ0n) is 23.4. The van der Waals surface area contributed by atoms with Crippen LogP contribution in [0.3, 0.4) is 0 Å². The zero-order valence-corrected chi connectivity index (χ0v) is 24.1. The Morgan fingerprint density at radius 3 is 2.48 bits per heavy atom. The molecule has 5 rings (SSSR count). The Balaban J connectivity index is 1.55. The molecular formula is C31H38ClN3O5. The van der Waals surface area contributed by atoms with Crippen molar-refractivity contribution in [1.29, 1.82) is 0 Å². The molecule has 8 atom stereocenters. The minimum atomic E-state index is -1.22. The third kappa shape index (κ3) is 4.41. The van der Waals surface area contributed by atoms with Crippen LogP contribution >= 0.6 is 11.6 Å². The van der Waals surface area contributed by atoms with Crippen molar-refractivity contribution in [3.63, 3.8) is 0 Å². The highest BCUT2D eigenvalue weighted by Gasteiger charge is 2.80. The van der Waals surface area contributed by atoms with Crippen molar-refractivity contribution in [3.05, 3.63) is 65.2 Å². The number of para-hydroxylation sites is 1. The van der Waals surface area contributed by atoms with E-state index in [9.17, 15) is 19.5 Å². The second-order valence-corrected chi connectivity index (χ2v) is 12.2. The SMILES string of the molecule is CC[C@H](C)[C@H](CO)N1C(=O)[C@@H]2[C@H](C(=O)NCc3ccccc3)[C@@]3(C)OC2(CC3C)C1C(=O)Nc1ccccc1Cl. The highest BCUT2D eigenvalue weighted by molar-refractivity contribution is 6.33. The predicted octanol–water partition coefficient (Wildman–Crippen LogP) is 4.01. The summed E-state index contributed by atoms with van der Waals surface area (Å²) in [5, 5.41) is 16.8. The van der Waals surface area contributed by atoms with Crippen molar-refractivity contribution < 1.29 is 24.2 Å². The summed E-state index contributed by atoms with van der Waals surface area (Å²) in [7, 11) is 0. The summed E-state index contributed by atoms with van der Waals surface area (Å²) in [5.41, 5.74) is -0.774. The second kappa shape index (κ2) is 10.8. The van der Waals surface area contributed by atoms with Crippen molar-refractivity contribution in [2.45, 2.75) is 70.4 Å². The largest absolute Gasteiger partial charge is 0.394 e. The molecule has 3 heterocycles. The van der Waals surface area contributed by atoms with Crippen LogP contribution in [0.2, 0.25) is 5.02 Å². The van der Waals surface area contributed by atoms with E-state index in [1.807, 2.05) is 58.0 Å². The van der Waals surface area contributed by atoms with Gasteiger partial charge in [0.2, 0.25) is 17.7 Å². The van der Waals surface area contributed by atoms with Gasteiger partial charge in [0.05, 0.1) is 40.8 Å². The smallest absolute Gasteiger partial charge is 0.250 e. The molecule has 0 radical (unpaired) electrons. The van der Waals surface area contributed by atoms with Gasteiger partial charge < -0.3 is 25.4 Å². The molecule has 2 aromatic rings. The van der Waals surface area contributed by atoms with Gasteiger partial charge in [-0.15, -0.1) is 0 Å². The van der Waals surface area contributed by atoms with E-state index in [2.05, 4.69) is 10.6 Å². The minimum absolute atomic E-state index is 0.0873. The number of aliphatic hydroxyl groups excluding tert-OH is 1. The monoisotopic (exact) mass is 567 g/mol. The number of hydrogen-bond donors (Lipinski definition) is 3. The first-order valence-corrected chi connectivity index (χ1v) is 14.5. The summed E-state index contributed by atoms with van der Waals surface area (Å²) < 4.78 is 6.78. The number of likely N-dealkylation sites (tertiary alicyclic amines) is 1. The van der Waals surface area contributed by atoms with Crippen LogP contribution in [0.25, 0.3) is 0 Å². The molecule has 3 aliphatic heterocycles. The molecule has 3 saturated heterocycles. The van der Waals surface area contributed by atoms with Crippen molar-refractivity contribution >= 4 is 35.0 Å². The molecule has 3 fully saturated rings. The quantitative estimate of drug-likeness (QED) is 0.424. The maximum absolute atomic E-state index is 14.4. The molecule has 3 aliphatic rings. The van der Waals surface area contributed by atoms with Crippen LogP contribution in [0.4, 0.5) is 5.69 Å². The van der Waals surface area contributed by atoms with Crippen molar-refractivity contribution in [2.75, 3.05) is 11.9 Å². The molecule has 0 saturated carbocycles. The summed E-state index contributed by atoms with van der Waals surface area (Å²) in [6.07, 6.45) is 1.14. The van der Waals surface area contributed by atoms with E-state index in [4.69, 9.17) is 16.3 Å². The Kier molecular flexibility index (Phi) is 7.72. The molecule has 1 spiro atoms. The van der Waals surface area contributed by atoms with Gasteiger partial charge in [-0.3, -0.25) is 14.4 Å². The number of nitrogens with zero attached hydrogens (tertiary/aromatic N) is 1. The maximum atomic E-state index is 14.4. The standard InChI is InChI=1S/C31H38ClN3O5/c1-5-18(2)23(17-36)35-26(28(38)34-22-14-10-9-13-21(22)32)31-15-19(3)30(4,40-31)24(25(31)29(35)39)27(37)33-16-20-11-7-6-8-12-20/h6-14,18-19,23-26,36H,5,15-17H2,1-4H3,(H,33,37)(H,34,38)/t18-,19?,23-,24+,25-,26?,30-,31?/m0/s1. The molecule has 0 aromatic heterocycles. The molecule has 40 heavy (non-hydrogen) atoms. The molecule has 8 nitrogen and oxygen atoms in total. The summed E-state index contributed by atoms with van der Waals surface area (Å²) in [6, 6.07) is 14.9. The van der Waals surface area contributed by atoms with Crippen molar-refractivity contribution in [3.8, 4) is 0 Å². The van der Waals surface area contributed by atoms with E-state index in [0.29, 0.717) is 30.1 Å². The van der Waals surface area contributed by atoms with Crippen LogP contribution in [0.15, 0.2) is 54.6 Å². The van der Waals surface area contributed by atoms with Gasteiger partial charge in [-0.2, -0.15) is 0 Å². The maximum Gasteiger partial charge on any atom is 0.250 e. The molecular weight excluding hydrogens is 530 g/mol. The zero-order chi connectivity index (χ0) is 28.8. The number of carbonyl (C=O) groups is 3. The van der Waals surface area contributed by atoms with Crippen LogP contribution in [0.1, 0.15) is 46.1 Å². The third-order valence-corrected chi connectivity index (χ3v) is 9.90. The molecule has 9 heteroatoms. The molecule has 0 aliphatic carbocycles. The van der Waals surface area contributed by atoms with Gasteiger partial charge >= 0.3 is 0 Å². The van der Waals surface area contributed by atoms with E-state index < -0.39 is 41.0 Å². The Morgan fingerprint density at radius 2 is 1.82 bits per heavy atom. The number of hydrogen-bond acceptors (Lipinski definition) is 5. The molecule has 2 bridgehead atoms. The number of rotatable bonds is 9. The summed E-state index contributed by atoms with van der Waals surface area (Å²) >= 11 is 6.37. The lowest BCUT2D eigenvalue weighted by molar-refractivity contribution is -0.150. The number of fused-ring (bicyclic) bond motifs is 1. The third-order valence-electron chi connectivity index (χ3n) is 9.57. The van der Waals surface area contributed by atoms with E-state index in [1.165, 1.54) is 4.90 Å². The van der Waals surface area contributed by atoms with E-state index in [0.717, 1.165) is 5.56 Å². The number of nitrogens with one attached hydrogen (secondary N) is 2. The van der Waals surface area contributed by atoms with E-state index >= 15 is 0 Å². The predicted molar refractivity (Wildman–Crippen MR) is 152 cm³/mol. The van der Waals surface area contributed by atoms with Gasteiger partial charge in [-0.1, -0.05) is 81.3 Å². The first kappa shape index (κ1) is 28.6. The van der Waals surface area contributed by atoms with Crippen LogP contribution in [0, 0.1) is 23.7 Å². The van der Waals surface area contributed by atoms with Crippen LogP contribution < -0.4 is 10.6 Å². The average Bonchev–Trinajstić information content (AvgIpc) is 3.46. The lowest BCUT2D eigenvalue weighted by Gasteiger charge is -2.39. The normalized spacial score (nSPS) is 32.0. The molecule has 3 unspecified atom stereocenters. The number of benzene rings is 2. The van der Waals surface area contributed by atoms with Crippen LogP contribution in [-0.2, 0) is 25.7 Å².